The molecule has 3 rings (SSSR count). The van der Waals surface area contributed by atoms with E-state index in [0.717, 1.165) is 43.9 Å². The van der Waals surface area contributed by atoms with E-state index in [1.165, 1.54) is 20.0 Å². The molecule has 2 fully saturated rings. The molecule has 126 valence electrons. The predicted molar refractivity (Wildman–Crippen MR) is 86.7 cm³/mol. The van der Waals surface area contributed by atoms with Gasteiger partial charge in [-0.2, -0.15) is 0 Å². The largest absolute Gasteiger partial charge is 0.493 e. The van der Waals surface area contributed by atoms with Crippen LogP contribution in [0.5, 0.6) is 5.75 Å². The summed E-state index contributed by atoms with van der Waals surface area (Å²) in [5, 5.41) is 3.48. The highest BCUT2D eigenvalue weighted by Crippen LogP contribution is 2.25. The number of methoxy groups -OCH3 is 1. The topological polar surface area (TPSA) is 56.8 Å². The third kappa shape index (κ3) is 4.69. The molecule has 0 spiro atoms. The second kappa shape index (κ2) is 7.79. The molecule has 5 nitrogen and oxygen atoms in total. The smallest absolute Gasteiger partial charge is 0.337 e. The van der Waals surface area contributed by atoms with Crippen LogP contribution in [0.4, 0.5) is 0 Å². The van der Waals surface area contributed by atoms with Crippen molar-refractivity contribution in [2.24, 2.45) is 5.92 Å². The molecular formula is C18H25NO4. The van der Waals surface area contributed by atoms with E-state index in [1.54, 1.807) is 6.07 Å². The van der Waals surface area contributed by atoms with Gasteiger partial charge in [0.05, 0.1) is 19.3 Å². The summed E-state index contributed by atoms with van der Waals surface area (Å²) in [5.74, 6) is 1.10. The summed E-state index contributed by atoms with van der Waals surface area (Å²) in [6.07, 6.45) is 4.57. The van der Waals surface area contributed by atoms with Gasteiger partial charge < -0.3 is 19.5 Å². The Morgan fingerprint density at radius 1 is 1.26 bits per heavy atom. The number of carbonyl (C=O) groups excluding carboxylic acids is 1. The lowest BCUT2D eigenvalue weighted by Gasteiger charge is -2.23. The van der Waals surface area contributed by atoms with Crippen molar-refractivity contribution < 1.29 is 19.0 Å². The van der Waals surface area contributed by atoms with Crippen LogP contribution in [0.2, 0.25) is 0 Å². The van der Waals surface area contributed by atoms with Crippen LogP contribution >= 0.6 is 0 Å². The van der Waals surface area contributed by atoms with Crippen molar-refractivity contribution in [1.82, 2.24) is 5.32 Å². The first-order valence-corrected chi connectivity index (χ1v) is 8.41. The van der Waals surface area contributed by atoms with Crippen LogP contribution in [0, 0.1) is 5.92 Å². The SMILES string of the molecule is COC(=O)c1ccc(OCC2CCOCC2)c(CNC2CC2)c1. The molecule has 0 bridgehead atoms. The van der Waals surface area contributed by atoms with E-state index in [9.17, 15) is 4.79 Å². The Hall–Kier alpha value is -1.59. The van der Waals surface area contributed by atoms with Gasteiger partial charge in [0, 0.05) is 31.4 Å². The standard InChI is InChI=1S/C18H25NO4/c1-21-18(20)14-2-5-17(15(10-14)11-19-16-3-4-16)23-12-13-6-8-22-9-7-13/h2,5,10,13,16,19H,3-4,6-9,11-12H2,1H3. The van der Waals surface area contributed by atoms with Crippen molar-refractivity contribution in [2.45, 2.75) is 38.3 Å². The van der Waals surface area contributed by atoms with E-state index in [-0.39, 0.29) is 5.97 Å². The molecule has 1 saturated heterocycles. The van der Waals surface area contributed by atoms with E-state index in [2.05, 4.69) is 5.32 Å². The van der Waals surface area contributed by atoms with Crippen molar-refractivity contribution in [3.63, 3.8) is 0 Å². The highest BCUT2D eigenvalue weighted by Gasteiger charge is 2.21. The number of carbonyl (C=O) groups is 1. The van der Waals surface area contributed by atoms with Gasteiger partial charge in [0.15, 0.2) is 0 Å². The summed E-state index contributed by atoms with van der Waals surface area (Å²) in [7, 11) is 1.40. The van der Waals surface area contributed by atoms with Crippen LogP contribution in [0.1, 0.15) is 41.6 Å². The van der Waals surface area contributed by atoms with Gasteiger partial charge in [0.2, 0.25) is 0 Å². The molecule has 5 heteroatoms. The minimum Gasteiger partial charge on any atom is -0.493 e. The molecule has 23 heavy (non-hydrogen) atoms. The Labute approximate surface area is 137 Å². The minimum absolute atomic E-state index is 0.311. The molecule has 1 aliphatic carbocycles. The Morgan fingerprint density at radius 2 is 2.04 bits per heavy atom. The van der Waals surface area contributed by atoms with E-state index < -0.39 is 0 Å². The highest BCUT2D eigenvalue weighted by molar-refractivity contribution is 5.89. The molecular weight excluding hydrogens is 294 g/mol. The van der Waals surface area contributed by atoms with Crippen molar-refractivity contribution in [1.29, 1.82) is 0 Å². The zero-order valence-corrected chi connectivity index (χ0v) is 13.7. The molecule has 1 aromatic rings. The number of ether oxygens (including phenoxy) is 3. The van der Waals surface area contributed by atoms with E-state index in [4.69, 9.17) is 14.2 Å². The number of esters is 1. The number of benzene rings is 1. The molecule has 1 aromatic carbocycles. The molecule has 2 aliphatic rings. The zero-order valence-electron chi connectivity index (χ0n) is 13.7. The molecule has 1 heterocycles. The molecule has 1 saturated carbocycles. The second-order valence-electron chi connectivity index (χ2n) is 6.34. The van der Waals surface area contributed by atoms with Gasteiger partial charge in [-0.1, -0.05) is 0 Å². The maximum atomic E-state index is 11.7. The fourth-order valence-corrected chi connectivity index (χ4v) is 2.77. The quantitative estimate of drug-likeness (QED) is 0.783. The maximum Gasteiger partial charge on any atom is 0.337 e. The molecule has 0 radical (unpaired) electrons. The predicted octanol–water partition coefficient (Wildman–Crippen LogP) is 2.53. The lowest BCUT2D eigenvalue weighted by atomic mass is 10.0. The monoisotopic (exact) mass is 319 g/mol. The lowest BCUT2D eigenvalue weighted by molar-refractivity contribution is 0.0495. The molecule has 0 unspecified atom stereocenters. The zero-order chi connectivity index (χ0) is 16.1. The van der Waals surface area contributed by atoms with Crippen LogP contribution in [0.3, 0.4) is 0 Å². The maximum absolute atomic E-state index is 11.7. The van der Waals surface area contributed by atoms with Crippen LogP contribution in [-0.2, 0) is 16.0 Å². The molecule has 1 aliphatic heterocycles. The fraction of sp³-hybridized carbons (Fsp3) is 0.611. The summed E-state index contributed by atoms with van der Waals surface area (Å²) in [5.41, 5.74) is 1.59. The third-order valence-corrected chi connectivity index (χ3v) is 4.46. The first kappa shape index (κ1) is 16.3. The van der Waals surface area contributed by atoms with Gasteiger partial charge in [-0.05, 0) is 49.8 Å². The van der Waals surface area contributed by atoms with E-state index in [1.807, 2.05) is 12.1 Å². The van der Waals surface area contributed by atoms with Crippen molar-refractivity contribution in [2.75, 3.05) is 26.9 Å². The van der Waals surface area contributed by atoms with E-state index in [0.29, 0.717) is 24.1 Å². The Kier molecular flexibility index (Phi) is 5.51. The van der Waals surface area contributed by atoms with E-state index >= 15 is 0 Å². The summed E-state index contributed by atoms with van der Waals surface area (Å²) in [6, 6.07) is 6.14. The average Bonchev–Trinajstić information content (AvgIpc) is 3.43. The first-order chi connectivity index (χ1) is 11.3. The summed E-state index contributed by atoms with van der Waals surface area (Å²) in [4.78, 5) is 11.7. The number of nitrogens with one attached hydrogen (secondary N) is 1. The normalized spacial score (nSPS) is 18.7. The molecule has 0 aromatic heterocycles. The van der Waals surface area contributed by atoms with Crippen LogP contribution in [0.25, 0.3) is 0 Å². The van der Waals surface area contributed by atoms with Crippen molar-refractivity contribution >= 4 is 5.97 Å². The Balaban J connectivity index is 1.66. The third-order valence-electron chi connectivity index (χ3n) is 4.46. The number of rotatable bonds is 7. The summed E-state index contributed by atoms with van der Waals surface area (Å²) < 4.78 is 16.2. The van der Waals surface area contributed by atoms with Crippen molar-refractivity contribution in [3.05, 3.63) is 29.3 Å². The molecule has 1 N–H and O–H groups in total. The highest BCUT2D eigenvalue weighted by atomic mass is 16.5. The second-order valence-corrected chi connectivity index (χ2v) is 6.34. The van der Waals surface area contributed by atoms with Crippen LogP contribution in [0.15, 0.2) is 18.2 Å². The Bertz CT molecular complexity index is 536. The Morgan fingerprint density at radius 3 is 2.74 bits per heavy atom. The first-order valence-electron chi connectivity index (χ1n) is 8.41. The molecule has 0 amide bonds. The van der Waals surface area contributed by atoms with Gasteiger partial charge in [-0.3, -0.25) is 0 Å². The van der Waals surface area contributed by atoms with Gasteiger partial charge in [-0.25, -0.2) is 4.79 Å². The molecule has 0 atom stereocenters. The number of hydrogen-bond acceptors (Lipinski definition) is 5. The van der Waals surface area contributed by atoms with Gasteiger partial charge >= 0.3 is 5.97 Å². The van der Waals surface area contributed by atoms with Gasteiger partial charge in [-0.15, -0.1) is 0 Å². The van der Waals surface area contributed by atoms with Crippen LogP contribution in [-0.4, -0.2) is 38.9 Å². The van der Waals surface area contributed by atoms with Gasteiger partial charge in [0.25, 0.3) is 0 Å². The average molecular weight is 319 g/mol. The minimum atomic E-state index is -0.311. The van der Waals surface area contributed by atoms with Crippen molar-refractivity contribution in [3.8, 4) is 5.75 Å². The van der Waals surface area contributed by atoms with Crippen LogP contribution < -0.4 is 10.1 Å². The fourth-order valence-electron chi connectivity index (χ4n) is 2.77. The lowest BCUT2D eigenvalue weighted by Crippen LogP contribution is -2.22. The number of hydrogen-bond donors (Lipinski definition) is 1. The van der Waals surface area contributed by atoms with Gasteiger partial charge in [0.1, 0.15) is 5.75 Å². The summed E-state index contributed by atoms with van der Waals surface area (Å²) in [6.45, 7) is 3.08. The summed E-state index contributed by atoms with van der Waals surface area (Å²) >= 11 is 0.